The third kappa shape index (κ3) is 3.57. The maximum atomic E-state index is 13.0. The van der Waals surface area contributed by atoms with Gasteiger partial charge in [-0.1, -0.05) is 6.07 Å². The average Bonchev–Trinajstić information content (AvgIpc) is 2.65. The second-order valence-electron chi connectivity index (χ2n) is 5.85. The summed E-state index contributed by atoms with van der Waals surface area (Å²) in [5.74, 6) is 1.34. The highest BCUT2D eigenvalue weighted by atomic mass is 16.5. The zero-order chi connectivity index (χ0) is 19.6. The van der Waals surface area contributed by atoms with Crippen molar-refractivity contribution in [1.29, 1.82) is 0 Å². The van der Waals surface area contributed by atoms with Crippen LogP contribution in [0.15, 0.2) is 45.6 Å². The number of carbonyl (C=O) groups is 1. The van der Waals surface area contributed by atoms with Crippen LogP contribution in [-0.2, 0) is 4.79 Å². The molecule has 0 aliphatic heterocycles. The summed E-state index contributed by atoms with van der Waals surface area (Å²) >= 11 is 0. The van der Waals surface area contributed by atoms with E-state index in [-0.39, 0.29) is 12.0 Å². The number of fused-ring (bicyclic) bond motifs is 1. The van der Waals surface area contributed by atoms with Crippen molar-refractivity contribution in [2.24, 2.45) is 5.73 Å². The molecule has 7 heteroatoms. The number of benzene rings is 2. The molecule has 27 heavy (non-hydrogen) atoms. The van der Waals surface area contributed by atoms with E-state index in [1.807, 2.05) is 0 Å². The number of methoxy groups -OCH3 is 2. The Morgan fingerprint density at radius 3 is 2.48 bits per heavy atom. The first-order valence-electron chi connectivity index (χ1n) is 8.15. The van der Waals surface area contributed by atoms with Gasteiger partial charge in [-0.15, -0.1) is 0 Å². The summed E-state index contributed by atoms with van der Waals surface area (Å²) in [5.41, 5.74) is 6.36. The molecule has 0 fully saturated rings. The third-order valence-electron chi connectivity index (χ3n) is 4.09. The van der Waals surface area contributed by atoms with Crippen molar-refractivity contribution in [3.05, 3.63) is 52.4 Å². The molecular weight excluding hydrogens is 350 g/mol. The minimum atomic E-state index is -0.587. The predicted molar refractivity (Wildman–Crippen MR) is 100 cm³/mol. The Labute approximate surface area is 155 Å². The van der Waals surface area contributed by atoms with Crippen LogP contribution < -0.4 is 25.4 Å². The molecule has 1 aromatic heterocycles. The number of aryl methyl sites for hydroxylation is 1. The Morgan fingerprint density at radius 1 is 1.07 bits per heavy atom. The molecular formula is C20H19NO6. The molecule has 2 N–H and O–H groups in total. The van der Waals surface area contributed by atoms with Crippen molar-refractivity contribution in [2.45, 2.75) is 6.92 Å². The largest absolute Gasteiger partial charge is 0.493 e. The lowest BCUT2D eigenvalue weighted by molar-refractivity contribution is -0.119. The molecule has 0 unspecified atom stereocenters. The lowest BCUT2D eigenvalue weighted by Gasteiger charge is -2.12. The maximum absolute atomic E-state index is 13.0. The second kappa shape index (κ2) is 7.41. The van der Waals surface area contributed by atoms with Crippen molar-refractivity contribution in [1.82, 2.24) is 0 Å². The van der Waals surface area contributed by atoms with Crippen LogP contribution >= 0.6 is 0 Å². The summed E-state index contributed by atoms with van der Waals surface area (Å²) in [4.78, 5) is 23.9. The monoisotopic (exact) mass is 369 g/mol. The topological polar surface area (TPSA) is 101 Å². The van der Waals surface area contributed by atoms with Crippen molar-refractivity contribution in [2.75, 3.05) is 20.8 Å². The Hall–Kier alpha value is -3.48. The molecule has 0 atom stereocenters. The summed E-state index contributed by atoms with van der Waals surface area (Å²) in [7, 11) is 3.08. The van der Waals surface area contributed by atoms with E-state index >= 15 is 0 Å². The molecule has 7 nitrogen and oxygen atoms in total. The molecule has 0 saturated carbocycles. The van der Waals surface area contributed by atoms with Crippen molar-refractivity contribution >= 4 is 16.9 Å². The molecule has 3 rings (SSSR count). The van der Waals surface area contributed by atoms with Gasteiger partial charge in [0.15, 0.2) is 18.1 Å². The highest BCUT2D eigenvalue weighted by molar-refractivity contribution is 5.84. The molecule has 0 bridgehead atoms. The van der Waals surface area contributed by atoms with Gasteiger partial charge < -0.3 is 24.4 Å². The Morgan fingerprint density at radius 2 is 1.81 bits per heavy atom. The quantitative estimate of drug-likeness (QED) is 0.717. The summed E-state index contributed by atoms with van der Waals surface area (Å²) in [5, 5.41) is 0.400. The molecule has 0 radical (unpaired) electrons. The lowest BCUT2D eigenvalue weighted by Crippen LogP contribution is -2.20. The van der Waals surface area contributed by atoms with E-state index < -0.39 is 5.91 Å². The van der Waals surface area contributed by atoms with Crippen LogP contribution in [0.3, 0.4) is 0 Å². The minimum absolute atomic E-state index is 0.178. The fourth-order valence-corrected chi connectivity index (χ4v) is 2.86. The van der Waals surface area contributed by atoms with Crippen LogP contribution in [0.1, 0.15) is 5.76 Å². The highest BCUT2D eigenvalue weighted by Crippen LogP contribution is 2.33. The van der Waals surface area contributed by atoms with Crippen molar-refractivity contribution in [3.63, 3.8) is 0 Å². The Balaban J connectivity index is 2.11. The summed E-state index contributed by atoms with van der Waals surface area (Å²) < 4.78 is 21.6. The fraction of sp³-hybridized carbons (Fsp3) is 0.200. The first-order valence-corrected chi connectivity index (χ1v) is 8.15. The van der Waals surface area contributed by atoms with Crippen LogP contribution in [0, 0.1) is 6.92 Å². The molecule has 0 spiro atoms. The molecule has 0 aliphatic rings. The van der Waals surface area contributed by atoms with E-state index in [9.17, 15) is 9.59 Å². The van der Waals surface area contributed by atoms with Gasteiger partial charge in [-0.2, -0.15) is 0 Å². The standard InChI is InChI=1S/C20H19NO6/c1-11-19(12-4-7-15(24-2)17(8-12)25-3)20(23)14-6-5-13(9-16(14)27-11)26-10-18(21)22/h4-9H,10H2,1-3H3,(H2,21,22). The summed E-state index contributed by atoms with van der Waals surface area (Å²) in [6.07, 6.45) is 0. The number of hydrogen-bond donors (Lipinski definition) is 1. The predicted octanol–water partition coefficient (Wildman–Crippen LogP) is 2.65. The average molecular weight is 369 g/mol. The lowest BCUT2D eigenvalue weighted by atomic mass is 10.0. The van der Waals surface area contributed by atoms with Gasteiger partial charge in [0, 0.05) is 6.07 Å². The van der Waals surface area contributed by atoms with Crippen LogP contribution in [0.2, 0.25) is 0 Å². The normalized spacial score (nSPS) is 10.6. The molecule has 0 aliphatic carbocycles. The van der Waals surface area contributed by atoms with E-state index in [1.165, 1.54) is 7.11 Å². The van der Waals surface area contributed by atoms with Crippen LogP contribution in [0.4, 0.5) is 0 Å². The van der Waals surface area contributed by atoms with Crippen molar-refractivity contribution < 1.29 is 23.4 Å². The molecule has 0 saturated heterocycles. The van der Waals surface area contributed by atoms with Gasteiger partial charge in [0.1, 0.15) is 17.1 Å². The zero-order valence-corrected chi connectivity index (χ0v) is 15.2. The zero-order valence-electron chi connectivity index (χ0n) is 15.2. The van der Waals surface area contributed by atoms with Gasteiger partial charge in [-0.05, 0) is 36.8 Å². The van der Waals surface area contributed by atoms with Gasteiger partial charge in [-0.25, -0.2) is 0 Å². The fourth-order valence-electron chi connectivity index (χ4n) is 2.86. The van der Waals surface area contributed by atoms with Crippen LogP contribution in [-0.4, -0.2) is 26.7 Å². The number of rotatable bonds is 6. The summed E-state index contributed by atoms with van der Waals surface area (Å²) in [6.45, 7) is 1.46. The number of amides is 1. The Bertz CT molecular complexity index is 1070. The van der Waals surface area contributed by atoms with Gasteiger partial charge in [-0.3, -0.25) is 9.59 Å². The van der Waals surface area contributed by atoms with E-state index in [0.717, 1.165) is 0 Å². The SMILES string of the molecule is COc1ccc(-c2c(C)oc3cc(OCC(N)=O)ccc3c2=O)cc1OC. The smallest absolute Gasteiger partial charge is 0.255 e. The van der Waals surface area contributed by atoms with Crippen LogP contribution in [0.5, 0.6) is 17.2 Å². The van der Waals surface area contributed by atoms with Crippen molar-refractivity contribution in [3.8, 4) is 28.4 Å². The van der Waals surface area contributed by atoms with Gasteiger partial charge in [0.2, 0.25) is 5.43 Å². The van der Waals surface area contributed by atoms with E-state index in [0.29, 0.717) is 45.1 Å². The number of nitrogens with two attached hydrogens (primary N) is 1. The van der Waals surface area contributed by atoms with Crippen LogP contribution in [0.25, 0.3) is 22.1 Å². The number of primary amides is 1. The third-order valence-corrected chi connectivity index (χ3v) is 4.09. The first-order chi connectivity index (χ1) is 12.9. The molecule has 2 aromatic carbocycles. The molecule has 3 aromatic rings. The number of carbonyl (C=O) groups excluding carboxylic acids is 1. The minimum Gasteiger partial charge on any atom is -0.493 e. The highest BCUT2D eigenvalue weighted by Gasteiger charge is 2.16. The summed E-state index contributed by atoms with van der Waals surface area (Å²) in [6, 6.07) is 9.99. The van der Waals surface area contributed by atoms with E-state index in [1.54, 1.807) is 50.4 Å². The maximum Gasteiger partial charge on any atom is 0.255 e. The second-order valence-corrected chi connectivity index (χ2v) is 5.85. The molecule has 1 heterocycles. The van der Waals surface area contributed by atoms with E-state index in [2.05, 4.69) is 0 Å². The number of ether oxygens (including phenoxy) is 3. The van der Waals surface area contributed by atoms with Gasteiger partial charge in [0.05, 0.1) is 25.2 Å². The first kappa shape index (κ1) is 18.3. The van der Waals surface area contributed by atoms with E-state index in [4.69, 9.17) is 24.4 Å². The molecule has 140 valence electrons. The van der Waals surface area contributed by atoms with Gasteiger partial charge >= 0.3 is 0 Å². The van der Waals surface area contributed by atoms with Gasteiger partial charge in [0.25, 0.3) is 5.91 Å². The Kier molecular flexibility index (Phi) is 5.03. The number of hydrogen-bond acceptors (Lipinski definition) is 6. The molecule has 1 amide bonds.